The normalized spacial score (nSPS) is 16.0. The van der Waals surface area contributed by atoms with Crippen LogP contribution in [0.15, 0.2) is 30.3 Å². The van der Waals surface area contributed by atoms with Gasteiger partial charge < -0.3 is 4.90 Å². The zero-order valence-corrected chi connectivity index (χ0v) is 14.0. The van der Waals surface area contributed by atoms with Crippen LogP contribution >= 0.6 is 11.3 Å². The Morgan fingerprint density at radius 1 is 1.23 bits per heavy atom. The van der Waals surface area contributed by atoms with E-state index in [1.807, 2.05) is 18.7 Å². The Hall–Kier alpha value is -1.68. The van der Waals surface area contributed by atoms with E-state index in [4.69, 9.17) is 0 Å². The van der Waals surface area contributed by atoms with Crippen LogP contribution in [-0.4, -0.2) is 28.9 Å². The zero-order chi connectivity index (χ0) is 15.5. The van der Waals surface area contributed by atoms with Crippen LogP contribution in [0.1, 0.15) is 38.8 Å². The summed E-state index contributed by atoms with van der Waals surface area (Å²) in [6.07, 6.45) is 3.29. The lowest BCUT2D eigenvalue weighted by molar-refractivity contribution is 0.0684. The summed E-state index contributed by atoms with van der Waals surface area (Å²) in [6, 6.07) is 10.6. The Morgan fingerprint density at radius 2 is 1.91 bits per heavy atom. The van der Waals surface area contributed by atoms with E-state index in [0.717, 1.165) is 42.2 Å². The van der Waals surface area contributed by atoms with Gasteiger partial charge in [-0.2, -0.15) is 0 Å². The molecule has 116 valence electrons. The number of rotatable bonds is 3. The molecule has 1 amide bonds. The molecule has 1 aromatic heterocycles. The SMILES string of the molecule is Cc1nc(C(=O)N2CCC(Cc3ccccc3)CC2)c(C)s1. The summed E-state index contributed by atoms with van der Waals surface area (Å²) in [6.45, 7) is 5.65. The van der Waals surface area contributed by atoms with Gasteiger partial charge >= 0.3 is 0 Å². The Kier molecular flexibility index (Phi) is 4.57. The molecule has 1 aromatic carbocycles. The van der Waals surface area contributed by atoms with Crippen LogP contribution in [-0.2, 0) is 6.42 Å². The van der Waals surface area contributed by atoms with Gasteiger partial charge in [0.05, 0.1) is 5.01 Å². The molecule has 1 saturated heterocycles. The molecule has 0 unspecified atom stereocenters. The molecule has 4 heteroatoms. The number of aromatic nitrogens is 1. The van der Waals surface area contributed by atoms with E-state index in [1.54, 1.807) is 11.3 Å². The fourth-order valence-corrected chi connectivity index (χ4v) is 3.97. The second-order valence-electron chi connectivity index (χ2n) is 6.06. The van der Waals surface area contributed by atoms with E-state index >= 15 is 0 Å². The smallest absolute Gasteiger partial charge is 0.273 e. The molecule has 0 bridgehead atoms. The van der Waals surface area contributed by atoms with Crippen molar-refractivity contribution in [3.8, 4) is 0 Å². The topological polar surface area (TPSA) is 33.2 Å². The number of thiazole rings is 1. The van der Waals surface area contributed by atoms with E-state index in [2.05, 4.69) is 35.3 Å². The van der Waals surface area contributed by atoms with Gasteiger partial charge in [0.2, 0.25) is 0 Å². The van der Waals surface area contributed by atoms with Crippen molar-refractivity contribution in [1.29, 1.82) is 0 Å². The molecule has 0 spiro atoms. The first-order valence-corrected chi connectivity index (χ1v) is 8.72. The van der Waals surface area contributed by atoms with Crippen LogP contribution in [0.5, 0.6) is 0 Å². The van der Waals surface area contributed by atoms with E-state index in [9.17, 15) is 4.79 Å². The lowest BCUT2D eigenvalue weighted by Crippen LogP contribution is -2.39. The number of nitrogens with zero attached hydrogens (tertiary/aromatic N) is 2. The molecule has 1 fully saturated rings. The number of aryl methyl sites for hydroxylation is 2. The summed E-state index contributed by atoms with van der Waals surface area (Å²) in [4.78, 5) is 20.0. The van der Waals surface area contributed by atoms with Crippen molar-refractivity contribution in [2.45, 2.75) is 33.1 Å². The molecule has 22 heavy (non-hydrogen) atoms. The van der Waals surface area contributed by atoms with Crippen LogP contribution in [0.4, 0.5) is 0 Å². The van der Waals surface area contributed by atoms with Gasteiger partial charge in [-0.05, 0) is 44.6 Å². The molecule has 1 aliphatic heterocycles. The summed E-state index contributed by atoms with van der Waals surface area (Å²) in [7, 11) is 0. The third-order valence-corrected chi connectivity index (χ3v) is 5.26. The highest BCUT2D eigenvalue weighted by atomic mass is 32.1. The van der Waals surface area contributed by atoms with Gasteiger partial charge in [-0.1, -0.05) is 30.3 Å². The van der Waals surface area contributed by atoms with Crippen molar-refractivity contribution in [2.75, 3.05) is 13.1 Å². The average Bonchev–Trinajstić information content (AvgIpc) is 2.87. The molecule has 0 aliphatic carbocycles. The minimum atomic E-state index is 0.111. The summed E-state index contributed by atoms with van der Waals surface area (Å²) < 4.78 is 0. The van der Waals surface area contributed by atoms with Gasteiger partial charge in [0.25, 0.3) is 5.91 Å². The molecule has 2 aromatic rings. The maximum Gasteiger partial charge on any atom is 0.273 e. The van der Waals surface area contributed by atoms with Gasteiger partial charge in [-0.3, -0.25) is 4.79 Å². The molecule has 0 radical (unpaired) electrons. The Morgan fingerprint density at radius 3 is 2.50 bits per heavy atom. The zero-order valence-electron chi connectivity index (χ0n) is 13.2. The molecule has 1 aliphatic rings. The molecule has 0 atom stereocenters. The number of likely N-dealkylation sites (tertiary alicyclic amines) is 1. The summed E-state index contributed by atoms with van der Waals surface area (Å²) in [5, 5.41) is 0.972. The Labute approximate surface area is 136 Å². The quantitative estimate of drug-likeness (QED) is 0.862. The van der Waals surface area contributed by atoms with Gasteiger partial charge in [-0.15, -0.1) is 11.3 Å². The third-order valence-electron chi connectivity index (χ3n) is 4.38. The number of amides is 1. The number of carbonyl (C=O) groups is 1. The molecular weight excluding hydrogens is 292 g/mol. The van der Waals surface area contributed by atoms with E-state index < -0.39 is 0 Å². The summed E-state index contributed by atoms with van der Waals surface area (Å²) in [5.41, 5.74) is 2.06. The van der Waals surface area contributed by atoms with Crippen molar-refractivity contribution in [1.82, 2.24) is 9.88 Å². The predicted molar refractivity (Wildman–Crippen MR) is 90.4 cm³/mol. The number of hydrogen-bond acceptors (Lipinski definition) is 3. The van der Waals surface area contributed by atoms with Crippen molar-refractivity contribution in [2.24, 2.45) is 5.92 Å². The highest BCUT2D eigenvalue weighted by Crippen LogP contribution is 2.24. The average molecular weight is 314 g/mol. The third kappa shape index (κ3) is 3.38. The van der Waals surface area contributed by atoms with E-state index in [1.165, 1.54) is 5.56 Å². The van der Waals surface area contributed by atoms with Crippen LogP contribution in [0.3, 0.4) is 0 Å². The first-order valence-electron chi connectivity index (χ1n) is 7.90. The standard InChI is InChI=1S/C18H22N2OS/c1-13-17(19-14(2)22-13)18(21)20-10-8-16(9-11-20)12-15-6-4-3-5-7-15/h3-7,16H,8-12H2,1-2H3. The van der Waals surface area contributed by atoms with Crippen molar-refractivity contribution < 1.29 is 4.79 Å². The lowest BCUT2D eigenvalue weighted by Gasteiger charge is -2.31. The van der Waals surface area contributed by atoms with Crippen LogP contribution in [0, 0.1) is 19.8 Å². The molecule has 2 heterocycles. The minimum Gasteiger partial charge on any atom is -0.337 e. The summed E-state index contributed by atoms with van der Waals surface area (Å²) in [5.74, 6) is 0.796. The van der Waals surface area contributed by atoms with Crippen LogP contribution in [0.25, 0.3) is 0 Å². The highest BCUT2D eigenvalue weighted by Gasteiger charge is 2.26. The molecule has 3 nitrogen and oxygen atoms in total. The maximum atomic E-state index is 12.6. The van der Waals surface area contributed by atoms with Crippen molar-refractivity contribution >= 4 is 17.2 Å². The second kappa shape index (κ2) is 6.61. The monoisotopic (exact) mass is 314 g/mol. The van der Waals surface area contributed by atoms with Crippen molar-refractivity contribution in [3.05, 3.63) is 51.5 Å². The molecule has 3 rings (SSSR count). The molecular formula is C18H22N2OS. The Bertz CT molecular complexity index is 642. The lowest BCUT2D eigenvalue weighted by atomic mass is 9.90. The van der Waals surface area contributed by atoms with Crippen molar-refractivity contribution in [3.63, 3.8) is 0 Å². The molecule has 0 saturated carbocycles. The van der Waals surface area contributed by atoms with Gasteiger partial charge in [0, 0.05) is 18.0 Å². The number of benzene rings is 1. The second-order valence-corrected chi connectivity index (χ2v) is 7.47. The van der Waals surface area contributed by atoms with Crippen LogP contribution in [0.2, 0.25) is 0 Å². The van der Waals surface area contributed by atoms with E-state index in [0.29, 0.717) is 11.6 Å². The van der Waals surface area contributed by atoms with Gasteiger partial charge in [0.15, 0.2) is 0 Å². The molecule has 0 N–H and O–H groups in total. The minimum absolute atomic E-state index is 0.111. The number of carbonyl (C=O) groups excluding carboxylic acids is 1. The van der Waals surface area contributed by atoms with Gasteiger partial charge in [0.1, 0.15) is 5.69 Å². The fraction of sp³-hybridized carbons (Fsp3) is 0.444. The predicted octanol–water partition coefficient (Wildman–Crippen LogP) is 3.85. The highest BCUT2D eigenvalue weighted by molar-refractivity contribution is 7.11. The first-order chi connectivity index (χ1) is 10.6. The largest absolute Gasteiger partial charge is 0.337 e. The van der Waals surface area contributed by atoms with Gasteiger partial charge in [-0.25, -0.2) is 4.98 Å². The van der Waals surface area contributed by atoms with E-state index in [-0.39, 0.29) is 5.91 Å². The fourth-order valence-electron chi connectivity index (χ4n) is 3.16. The van der Waals surface area contributed by atoms with Crippen LogP contribution < -0.4 is 0 Å². The number of hydrogen-bond donors (Lipinski definition) is 0. The first kappa shape index (κ1) is 15.2. The maximum absolute atomic E-state index is 12.6. The summed E-state index contributed by atoms with van der Waals surface area (Å²) >= 11 is 1.61. The number of piperidine rings is 1. The Balaban J connectivity index is 1.57.